The number of benzene rings is 2. The van der Waals surface area contributed by atoms with E-state index in [0.717, 1.165) is 11.1 Å². The highest BCUT2D eigenvalue weighted by molar-refractivity contribution is 6.30. The fraction of sp³-hybridized carbons (Fsp3) is 0.200. The summed E-state index contributed by atoms with van der Waals surface area (Å²) < 4.78 is 5.42. The summed E-state index contributed by atoms with van der Waals surface area (Å²) >= 11 is 5.93. The maximum atomic E-state index is 12.4. The van der Waals surface area contributed by atoms with Gasteiger partial charge in [0.25, 0.3) is 5.91 Å². The van der Waals surface area contributed by atoms with Gasteiger partial charge in [-0.05, 0) is 24.6 Å². The molecule has 134 valence electrons. The number of aryl methyl sites for hydroxylation is 1. The predicted molar refractivity (Wildman–Crippen MR) is 100 cm³/mol. The summed E-state index contributed by atoms with van der Waals surface area (Å²) in [5.74, 6) is 0.0182. The highest BCUT2D eigenvalue weighted by Crippen LogP contribution is 2.29. The van der Waals surface area contributed by atoms with Crippen molar-refractivity contribution >= 4 is 17.5 Å². The molecule has 1 amide bonds. The van der Waals surface area contributed by atoms with Crippen LogP contribution in [0.2, 0.25) is 5.02 Å². The minimum Gasteiger partial charge on any atom is -0.388 e. The van der Waals surface area contributed by atoms with E-state index in [4.69, 9.17) is 16.1 Å². The largest absolute Gasteiger partial charge is 0.388 e. The van der Waals surface area contributed by atoms with Crippen LogP contribution in [0, 0.1) is 6.92 Å². The summed E-state index contributed by atoms with van der Waals surface area (Å²) in [5.41, 5.74) is 3.32. The lowest BCUT2D eigenvalue weighted by Gasteiger charge is -2.10. The SMILES string of the molecule is CNC(=O)c1c(-c2ccc(Cl)cc2)noc1CC(O)c1ccc(C)cc1. The Balaban J connectivity index is 1.95. The number of amides is 1. The van der Waals surface area contributed by atoms with E-state index in [2.05, 4.69) is 10.5 Å². The zero-order chi connectivity index (χ0) is 18.7. The third-order valence-electron chi connectivity index (χ3n) is 4.18. The van der Waals surface area contributed by atoms with Gasteiger partial charge in [-0.15, -0.1) is 0 Å². The first-order valence-corrected chi connectivity index (χ1v) is 8.58. The minimum atomic E-state index is -0.801. The van der Waals surface area contributed by atoms with Crippen molar-refractivity contribution < 1.29 is 14.4 Å². The number of hydrogen-bond acceptors (Lipinski definition) is 4. The fourth-order valence-electron chi connectivity index (χ4n) is 2.71. The second-order valence-corrected chi connectivity index (χ2v) is 6.48. The summed E-state index contributed by atoms with van der Waals surface area (Å²) in [6, 6.07) is 14.6. The number of nitrogens with one attached hydrogen (secondary N) is 1. The monoisotopic (exact) mass is 370 g/mol. The number of carbonyl (C=O) groups is 1. The van der Waals surface area contributed by atoms with E-state index in [1.165, 1.54) is 0 Å². The number of aromatic nitrogens is 1. The average molecular weight is 371 g/mol. The molecule has 0 saturated carbocycles. The van der Waals surface area contributed by atoms with Crippen molar-refractivity contribution in [1.29, 1.82) is 0 Å². The van der Waals surface area contributed by atoms with Gasteiger partial charge in [-0.25, -0.2) is 0 Å². The van der Waals surface area contributed by atoms with E-state index in [-0.39, 0.29) is 12.3 Å². The van der Waals surface area contributed by atoms with Gasteiger partial charge in [0.1, 0.15) is 11.3 Å². The summed E-state index contributed by atoms with van der Waals surface area (Å²) in [6.07, 6.45) is -0.656. The molecule has 6 heteroatoms. The van der Waals surface area contributed by atoms with Crippen LogP contribution in [0.4, 0.5) is 0 Å². The van der Waals surface area contributed by atoms with Gasteiger partial charge >= 0.3 is 0 Å². The molecule has 0 spiro atoms. The van der Waals surface area contributed by atoms with Crippen molar-refractivity contribution in [3.05, 3.63) is 76.0 Å². The number of carbonyl (C=O) groups excluding carboxylic acids is 1. The Morgan fingerprint density at radius 2 is 1.85 bits per heavy atom. The molecule has 2 N–H and O–H groups in total. The van der Waals surface area contributed by atoms with Gasteiger partial charge in [0.05, 0.1) is 6.10 Å². The van der Waals surface area contributed by atoms with Crippen LogP contribution in [0.3, 0.4) is 0 Å². The molecule has 0 bridgehead atoms. The van der Waals surface area contributed by atoms with Gasteiger partial charge in [-0.3, -0.25) is 4.79 Å². The van der Waals surface area contributed by atoms with Gasteiger partial charge in [0, 0.05) is 24.1 Å². The van der Waals surface area contributed by atoms with Crippen molar-refractivity contribution in [3.8, 4) is 11.3 Å². The van der Waals surface area contributed by atoms with Crippen molar-refractivity contribution in [2.24, 2.45) is 0 Å². The van der Waals surface area contributed by atoms with E-state index in [9.17, 15) is 9.90 Å². The maximum absolute atomic E-state index is 12.4. The fourth-order valence-corrected chi connectivity index (χ4v) is 2.84. The van der Waals surface area contributed by atoms with Crippen molar-refractivity contribution in [1.82, 2.24) is 10.5 Å². The maximum Gasteiger partial charge on any atom is 0.256 e. The van der Waals surface area contributed by atoms with Crippen LogP contribution >= 0.6 is 11.6 Å². The zero-order valence-corrected chi connectivity index (χ0v) is 15.2. The molecule has 5 nitrogen and oxygen atoms in total. The van der Waals surface area contributed by atoms with E-state index in [1.54, 1.807) is 31.3 Å². The molecule has 0 aliphatic carbocycles. The first-order chi connectivity index (χ1) is 12.5. The molecule has 0 aliphatic rings. The Kier molecular flexibility index (Phi) is 5.40. The van der Waals surface area contributed by atoms with Crippen LogP contribution in [-0.2, 0) is 6.42 Å². The standard InChI is InChI=1S/C20H19ClN2O3/c1-12-3-5-13(6-4-12)16(24)11-17-18(20(25)22-2)19(23-26-17)14-7-9-15(21)10-8-14/h3-10,16,24H,11H2,1-2H3,(H,22,25). The molecule has 1 unspecified atom stereocenters. The number of aliphatic hydroxyl groups excluding tert-OH is 1. The van der Waals surface area contributed by atoms with E-state index >= 15 is 0 Å². The highest BCUT2D eigenvalue weighted by Gasteiger charge is 2.25. The molecule has 0 radical (unpaired) electrons. The topological polar surface area (TPSA) is 75.4 Å². The summed E-state index contributed by atoms with van der Waals surface area (Å²) in [7, 11) is 1.54. The first kappa shape index (κ1) is 18.2. The van der Waals surface area contributed by atoms with Crippen molar-refractivity contribution in [2.75, 3.05) is 7.05 Å². The van der Waals surface area contributed by atoms with E-state index in [1.807, 2.05) is 31.2 Å². The predicted octanol–water partition coefficient (Wildman–Crippen LogP) is 3.94. The molecule has 1 heterocycles. The van der Waals surface area contributed by atoms with Crippen LogP contribution in [-0.4, -0.2) is 23.2 Å². The van der Waals surface area contributed by atoms with E-state index in [0.29, 0.717) is 27.6 Å². The molecule has 0 aliphatic heterocycles. The smallest absolute Gasteiger partial charge is 0.256 e. The zero-order valence-electron chi connectivity index (χ0n) is 14.5. The molecule has 1 atom stereocenters. The van der Waals surface area contributed by atoms with Gasteiger partial charge < -0.3 is 14.9 Å². The van der Waals surface area contributed by atoms with Gasteiger partial charge in [0.2, 0.25) is 0 Å². The molecule has 3 aromatic rings. The van der Waals surface area contributed by atoms with Crippen LogP contribution in [0.1, 0.15) is 33.3 Å². The lowest BCUT2D eigenvalue weighted by molar-refractivity contribution is 0.0959. The quantitative estimate of drug-likeness (QED) is 0.713. The molecular formula is C20H19ClN2O3. The number of nitrogens with zero attached hydrogens (tertiary/aromatic N) is 1. The minimum absolute atomic E-state index is 0.145. The van der Waals surface area contributed by atoms with Crippen LogP contribution in [0.25, 0.3) is 11.3 Å². The van der Waals surface area contributed by atoms with Crippen molar-refractivity contribution in [3.63, 3.8) is 0 Å². The molecule has 0 saturated heterocycles. The van der Waals surface area contributed by atoms with Gasteiger partial charge in [-0.2, -0.15) is 0 Å². The lowest BCUT2D eigenvalue weighted by Crippen LogP contribution is -2.20. The Morgan fingerprint density at radius 3 is 2.46 bits per heavy atom. The summed E-state index contributed by atoms with van der Waals surface area (Å²) in [4.78, 5) is 12.4. The summed E-state index contributed by atoms with van der Waals surface area (Å²) in [5, 5.41) is 17.8. The third kappa shape index (κ3) is 3.79. The second kappa shape index (κ2) is 7.72. The highest BCUT2D eigenvalue weighted by atomic mass is 35.5. The van der Waals surface area contributed by atoms with Crippen LogP contribution < -0.4 is 5.32 Å². The molecular weight excluding hydrogens is 352 g/mol. The Hall–Kier alpha value is -2.63. The Labute approximate surface area is 156 Å². The normalized spacial score (nSPS) is 12.0. The second-order valence-electron chi connectivity index (χ2n) is 6.05. The average Bonchev–Trinajstić information content (AvgIpc) is 3.05. The number of rotatable bonds is 5. The number of hydrogen-bond donors (Lipinski definition) is 2. The van der Waals surface area contributed by atoms with Crippen molar-refractivity contribution in [2.45, 2.75) is 19.4 Å². The molecule has 3 rings (SSSR count). The third-order valence-corrected chi connectivity index (χ3v) is 4.43. The lowest BCUT2D eigenvalue weighted by atomic mass is 9.99. The Morgan fingerprint density at radius 1 is 1.19 bits per heavy atom. The van der Waals surface area contributed by atoms with Crippen LogP contribution in [0.5, 0.6) is 0 Å². The number of halogens is 1. The van der Waals surface area contributed by atoms with Gasteiger partial charge in [0.15, 0.2) is 5.76 Å². The van der Waals surface area contributed by atoms with Crippen LogP contribution in [0.15, 0.2) is 53.1 Å². The summed E-state index contributed by atoms with van der Waals surface area (Å²) in [6.45, 7) is 1.98. The molecule has 2 aromatic carbocycles. The molecule has 0 fully saturated rings. The first-order valence-electron chi connectivity index (χ1n) is 8.20. The molecule has 26 heavy (non-hydrogen) atoms. The number of aliphatic hydroxyl groups is 1. The Bertz CT molecular complexity index is 902. The van der Waals surface area contributed by atoms with Gasteiger partial charge in [-0.1, -0.05) is 58.7 Å². The molecule has 1 aromatic heterocycles. The van der Waals surface area contributed by atoms with E-state index < -0.39 is 6.10 Å².